The van der Waals surface area contributed by atoms with Gasteiger partial charge in [-0.3, -0.25) is 0 Å². The van der Waals surface area contributed by atoms with Crippen LogP contribution in [0.15, 0.2) is 0 Å². The third-order valence-corrected chi connectivity index (χ3v) is 4.33. The fourth-order valence-corrected chi connectivity index (χ4v) is 3.35. The van der Waals surface area contributed by atoms with E-state index in [2.05, 4.69) is 31.0 Å². The lowest BCUT2D eigenvalue weighted by atomic mass is 9.89. The van der Waals surface area contributed by atoms with E-state index in [-0.39, 0.29) is 0 Å². The Morgan fingerprint density at radius 1 is 1.17 bits per heavy atom. The number of hydrogen-bond acceptors (Lipinski definition) is 2. The normalized spacial score (nSPS) is 30.0. The van der Waals surface area contributed by atoms with E-state index in [0.29, 0.717) is 0 Å². The molecule has 1 N–H and O–H groups in total. The fraction of sp³-hybridized carbons (Fsp3) is 1.00. The van der Waals surface area contributed by atoms with Gasteiger partial charge in [0.1, 0.15) is 0 Å². The van der Waals surface area contributed by atoms with Crippen molar-refractivity contribution >= 4 is 0 Å². The molecule has 2 aliphatic rings. The van der Waals surface area contributed by atoms with Crippen molar-refractivity contribution in [2.75, 3.05) is 26.2 Å². The molecule has 1 aliphatic carbocycles. The summed E-state index contributed by atoms with van der Waals surface area (Å²) in [5.74, 6) is 2.82. The second-order valence-corrected chi connectivity index (χ2v) is 7.04. The van der Waals surface area contributed by atoms with Crippen molar-refractivity contribution in [3.63, 3.8) is 0 Å². The summed E-state index contributed by atoms with van der Waals surface area (Å²) in [6.45, 7) is 12.0. The third kappa shape index (κ3) is 4.89. The molecule has 0 amide bonds. The monoisotopic (exact) mass is 252 g/mol. The highest BCUT2D eigenvalue weighted by Crippen LogP contribution is 2.37. The molecule has 1 saturated heterocycles. The SMILES string of the molecule is CCCN1CC(CC2CC2)CC(NCC(C)C)C1. The van der Waals surface area contributed by atoms with Gasteiger partial charge in [0.15, 0.2) is 0 Å². The van der Waals surface area contributed by atoms with Crippen molar-refractivity contribution in [1.29, 1.82) is 0 Å². The van der Waals surface area contributed by atoms with Gasteiger partial charge in [-0.05, 0) is 50.1 Å². The summed E-state index contributed by atoms with van der Waals surface area (Å²) in [4.78, 5) is 2.70. The first-order valence-electron chi connectivity index (χ1n) is 8.13. The molecule has 0 aromatic rings. The molecule has 0 radical (unpaired) electrons. The Morgan fingerprint density at radius 2 is 1.94 bits per heavy atom. The van der Waals surface area contributed by atoms with Gasteiger partial charge in [0.05, 0.1) is 0 Å². The molecule has 2 atom stereocenters. The smallest absolute Gasteiger partial charge is 0.0198 e. The minimum atomic E-state index is 0.747. The van der Waals surface area contributed by atoms with Crippen LogP contribution in [0.5, 0.6) is 0 Å². The molecule has 1 aliphatic heterocycles. The van der Waals surface area contributed by atoms with E-state index in [4.69, 9.17) is 0 Å². The predicted molar refractivity (Wildman–Crippen MR) is 78.8 cm³/mol. The van der Waals surface area contributed by atoms with Gasteiger partial charge in [-0.15, -0.1) is 0 Å². The second-order valence-electron chi connectivity index (χ2n) is 7.04. The zero-order valence-electron chi connectivity index (χ0n) is 12.6. The topological polar surface area (TPSA) is 15.3 Å². The van der Waals surface area contributed by atoms with Crippen molar-refractivity contribution in [2.24, 2.45) is 17.8 Å². The number of piperidine rings is 1. The van der Waals surface area contributed by atoms with Crippen LogP contribution in [0.2, 0.25) is 0 Å². The van der Waals surface area contributed by atoms with E-state index in [1.54, 1.807) is 0 Å². The molecule has 2 fully saturated rings. The molecule has 0 spiro atoms. The fourth-order valence-electron chi connectivity index (χ4n) is 3.35. The van der Waals surface area contributed by atoms with E-state index in [1.807, 2.05) is 0 Å². The third-order valence-electron chi connectivity index (χ3n) is 4.33. The van der Waals surface area contributed by atoms with Crippen LogP contribution in [0.25, 0.3) is 0 Å². The van der Waals surface area contributed by atoms with Crippen LogP contribution in [0.1, 0.15) is 52.9 Å². The lowest BCUT2D eigenvalue weighted by Crippen LogP contribution is -2.50. The molecule has 0 aromatic heterocycles. The lowest BCUT2D eigenvalue weighted by molar-refractivity contribution is 0.131. The summed E-state index contributed by atoms with van der Waals surface area (Å²) in [5, 5.41) is 3.79. The number of nitrogens with one attached hydrogen (secondary N) is 1. The van der Waals surface area contributed by atoms with Crippen molar-refractivity contribution in [1.82, 2.24) is 10.2 Å². The Morgan fingerprint density at radius 3 is 2.56 bits per heavy atom. The predicted octanol–water partition coefficient (Wildman–Crippen LogP) is 3.13. The van der Waals surface area contributed by atoms with Crippen molar-refractivity contribution in [2.45, 2.75) is 58.9 Å². The Hall–Kier alpha value is -0.0800. The van der Waals surface area contributed by atoms with Crippen LogP contribution in [0.4, 0.5) is 0 Å². The van der Waals surface area contributed by atoms with Gasteiger partial charge in [0, 0.05) is 19.1 Å². The molecular weight excluding hydrogens is 220 g/mol. The summed E-state index contributed by atoms with van der Waals surface area (Å²) < 4.78 is 0. The molecule has 2 heteroatoms. The summed E-state index contributed by atoms with van der Waals surface area (Å²) >= 11 is 0. The van der Waals surface area contributed by atoms with Gasteiger partial charge >= 0.3 is 0 Å². The van der Waals surface area contributed by atoms with Gasteiger partial charge < -0.3 is 10.2 Å². The van der Waals surface area contributed by atoms with Gasteiger partial charge in [-0.2, -0.15) is 0 Å². The van der Waals surface area contributed by atoms with Gasteiger partial charge in [0.2, 0.25) is 0 Å². The van der Waals surface area contributed by atoms with Crippen LogP contribution in [0.3, 0.4) is 0 Å². The van der Waals surface area contributed by atoms with Crippen molar-refractivity contribution < 1.29 is 0 Å². The van der Waals surface area contributed by atoms with E-state index in [1.165, 1.54) is 58.3 Å². The number of nitrogens with zero attached hydrogens (tertiary/aromatic N) is 1. The van der Waals surface area contributed by atoms with Gasteiger partial charge in [-0.25, -0.2) is 0 Å². The van der Waals surface area contributed by atoms with Crippen LogP contribution in [0, 0.1) is 17.8 Å². The maximum absolute atomic E-state index is 3.79. The maximum atomic E-state index is 3.79. The number of likely N-dealkylation sites (tertiary alicyclic amines) is 1. The summed E-state index contributed by atoms with van der Waals surface area (Å²) in [6, 6.07) is 0.747. The Kier molecular flexibility index (Phi) is 5.50. The maximum Gasteiger partial charge on any atom is 0.0198 e. The average Bonchev–Trinajstić information content (AvgIpc) is 3.10. The number of hydrogen-bond donors (Lipinski definition) is 1. The average molecular weight is 252 g/mol. The molecule has 2 rings (SSSR count). The van der Waals surface area contributed by atoms with Crippen molar-refractivity contribution in [3.05, 3.63) is 0 Å². The van der Waals surface area contributed by atoms with E-state index >= 15 is 0 Å². The molecule has 18 heavy (non-hydrogen) atoms. The molecule has 0 bridgehead atoms. The van der Waals surface area contributed by atoms with Gasteiger partial charge in [-0.1, -0.05) is 33.6 Å². The van der Waals surface area contributed by atoms with Crippen LogP contribution in [-0.4, -0.2) is 37.1 Å². The quantitative estimate of drug-likeness (QED) is 0.749. The van der Waals surface area contributed by atoms with Gasteiger partial charge in [0.25, 0.3) is 0 Å². The highest BCUT2D eigenvalue weighted by atomic mass is 15.2. The minimum absolute atomic E-state index is 0.747. The molecule has 2 nitrogen and oxygen atoms in total. The summed E-state index contributed by atoms with van der Waals surface area (Å²) in [6.07, 6.45) is 7.24. The highest BCUT2D eigenvalue weighted by Gasteiger charge is 2.31. The Labute approximate surface area is 114 Å². The molecule has 0 aromatic carbocycles. The largest absolute Gasteiger partial charge is 0.312 e. The van der Waals surface area contributed by atoms with E-state index in [0.717, 1.165) is 23.8 Å². The first-order valence-corrected chi connectivity index (χ1v) is 8.13. The number of rotatable bonds is 7. The molecule has 2 unspecified atom stereocenters. The van der Waals surface area contributed by atoms with Crippen molar-refractivity contribution in [3.8, 4) is 0 Å². The van der Waals surface area contributed by atoms with Crippen LogP contribution >= 0.6 is 0 Å². The summed E-state index contributed by atoms with van der Waals surface area (Å²) in [5.41, 5.74) is 0. The molecular formula is C16H32N2. The minimum Gasteiger partial charge on any atom is -0.312 e. The zero-order valence-corrected chi connectivity index (χ0v) is 12.6. The Balaban J connectivity index is 1.79. The van der Waals surface area contributed by atoms with Crippen LogP contribution in [-0.2, 0) is 0 Å². The molecule has 106 valence electrons. The zero-order chi connectivity index (χ0) is 13.0. The van der Waals surface area contributed by atoms with E-state index in [9.17, 15) is 0 Å². The summed E-state index contributed by atoms with van der Waals surface area (Å²) in [7, 11) is 0. The molecule has 1 saturated carbocycles. The highest BCUT2D eigenvalue weighted by molar-refractivity contribution is 4.87. The van der Waals surface area contributed by atoms with Crippen LogP contribution < -0.4 is 5.32 Å². The van der Waals surface area contributed by atoms with E-state index < -0.39 is 0 Å². The lowest BCUT2D eigenvalue weighted by Gasteiger charge is -2.38. The first-order chi connectivity index (χ1) is 8.67. The second kappa shape index (κ2) is 6.91. The first kappa shape index (κ1) is 14.3. The Bertz CT molecular complexity index is 235. The molecule has 1 heterocycles. The standard InChI is InChI=1S/C16H32N2/c1-4-7-18-11-15(8-14-5-6-14)9-16(12-18)17-10-13(2)3/h13-17H,4-12H2,1-3H3.